The first-order chi connectivity index (χ1) is 12.5. The van der Waals surface area contributed by atoms with Crippen molar-refractivity contribution in [2.45, 2.75) is 12.3 Å². The molecule has 2 aromatic heterocycles. The molecule has 1 amide bonds. The first-order valence-corrected chi connectivity index (χ1v) is 8.70. The molecule has 3 aromatic rings. The molecule has 1 saturated heterocycles. The largest absolute Gasteiger partial charge is 0.338 e. The Labute approximate surface area is 154 Å². The molecular weight excluding hydrogens is 352 g/mol. The molecule has 3 heterocycles. The van der Waals surface area contributed by atoms with E-state index in [9.17, 15) is 9.59 Å². The fourth-order valence-corrected chi connectivity index (χ4v) is 3.52. The lowest BCUT2D eigenvalue weighted by atomic mass is 10.0. The minimum Gasteiger partial charge on any atom is -0.338 e. The third-order valence-corrected chi connectivity index (χ3v) is 4.82. The van der Waals surface area contributed by atoms with E-state index in [1.807, 2.05) is 24.3 Å². The van der Waals surface area contributed by atoms with Gasteiger partial charge >= 0.3 is 0 Å². The number of likely N-dealkylation sites (tertiary alicyclic amines) is 1. The number of fused-ring (bicyclic) bond motifs is 1. The van der Waals surface area contributed by atoms with Crippen LogP contribution in [0.4, 0.5) is 0 Å². The Morgan fingerprint density at radius 2 is 2.15 bits per heavy atom. The minimum atomic E-state index is -0.201. The van der Waals surface area contributed by atoms with E-state index in [1.54, 1.807) is 17.0 Å². The van der Waals surface area contributed by atoms with Crippen LogP contribution in [0.3, 0.4) is 0 Å². The summed E-state index contributed by atoms with van der Waals surface area (Å²) in [5, 5.41) is 3.67. The number of hydrogen-bond donors (Lipinski definition) is 1. The zero-order valence-electron chi connectivity index (χ0n) is 14.0. The molecular formula is C19H17ClN4O2. The molecule has 0 radical (unpaired) electrons. The summed E-state index contributed by atoms with van der Waals surface area (Å²) >= 11 is 6.05. The molecule has 0 aliphatic carbocycles. The van der Waals surface area contributed by atoms with Gasteiger partial charge < -0.3 is 4.90 Å². The number of benzene rings is 1. The lowest BCUT2D eigenvalue weighted by Crippen LogP contribution is -2.25. The van der Waals surface area contributed by atoms with Gasteiger partial charge in [-0.1, -0.05) is 29.8 Å². The fraction of sp³-hybridized carbons (Fsp3) is 0.211. The number of hydrogen-bond acceptors (Lipinski definition) is 3. The third-order valence-electron chi connectivity index (χ3n) is 4.59. The van der Waals surface area contributed by atoms with Gasteiger partial charge in [0.05, 0.1) is 11.4 Å². The molecule has 1 aliphatic heterocycles. The van der Waals surface area contributed by atoms with Gasteiger partial charge in [0.25, 0.3) is 5.56 Å². The van der Waals surface area contributed by atoms with Crippen LogP contribution in [-0.2, 0) is 4.79 Å². The van der Waals surface area contributed by atoms with Crippen LogP contribution >= 0.6 is 11.6 Å². The molecule has 6 nitrogen and oxygen atoms in total. The van der Waals surface area contributed by atoms with Crippen LogP contribution in [0.5, 0.6) is 0 Å². The van der Waals surface area contributed by atoms with Crippen LogP contribution in [0.1, 0.15) is 18.0 Å². The molecule has 26 heavy (non-hydrogen) atoms. The van der Waals surface area contributed by atoms with Crippen LogP contribution < -0.4 is 5.56 Å². The van der Waals surface area contributed by atoms with E-state index < -0.39 is 0 Å². The van der Waals surface area contributed by atoms with E-state index in [1.165, 1.54) is 10.6 Å². The van der Waals surface area contributed by atoms with E-state index in [2.05, 4.69) is 16.7 Å². The third kappa shape index (κ3) is 2.93. The monoisotopic (exact) mass is 368 g/mol. The molecule has 1 fully saturated rings. The predicted octanol–water partition coefficient (Wildman–Crippen LogP) is 2.84. The summed E-state index contributed by atoms with van der Waals surface area (Å²) in [6.07, 6.45) is 2.07. The molecule has 0 bridgehead atoms. The van der Waals surface area contributed by atoms with Crippen molar-refractivity contribution in [1.82, 2.24) is 19.5 Å². The highest BCUT2D eigenvalue weighted by molar-refractivity contribution is 6.30. The number of carbonyl (C=O) groups excluding carboxylic acids is 1. The van der Waals surface area contributed by atoms with Gasteiger partial charge in [0, 0.05) is 48.1 Å². The Kier molecular flexibility index (Phi) is 4.12. The Morgan fingerprint density at radius 3 is 2.92 bits per heavy atom. The number of carbonyl (C=O) groups is 1. The van der Waals surface area contributed by atoms with Crippen LogP contribution in [0.15, 0.2) is 53.8 Å². The highest BCUT2D eigenvalue weighted by Crippen LogP contribution is 2.27. The number of nitrogens with one attached hydrogen (secondary N) is 1. The summed E-state index contributed by atoms with van der Waals surface area (Å²) in [5.41, 5.74) is 2.60. The van der Waals surface area contributed by atoms with Crippen molar-refractivity contribution < 1.29 is 4.79 Å². The van der Waals surface area contributed by atoms with Crippen molar-refractivity contribution in [2.75, 3.05) is 13.1 Å². The first-order valence-electron chi connectivity index (χ1n) is 8.32. The molecule has 1 aromatic carbocycles. The number of halogens is 1. The van der Waals surface area contributed by atoms with E-state index in [-0.39, 0.29) is 17.4 Å². The number of nitrogens with zero attached hydrogens (tertiary/aromatic N) is 3. The SMILES string of the molecule is C=CCN1CC(c2cc(=O)n3[nH]c(-c4cccc(Cl)c4)cc3n2)CC1=O. The van der Waals surface area contributed by atoms with Crippen molar-refractivity contribution in [3.05, 3.63) is 70.1 Å². The molecule has 7 heteroatoms. The number of rotatable bonds is 4. The number of H-pyrrole nitrogens is 1. The molecule has 1 unspecified atom stereocenters. The van der Waals surface area contributed by atoms with Crippen LogP contribution in [-0.4, -0.2) is 38.5 Å². The van der Waals surface area contributed by atoms with Crippen molar-refractivity contribution in [2.24, 2.45) is 0 Å². The summed E-state index contributed by atoms with van der Waals surface area (Å²) in [5.74, 6) is -0.0183. The second kappa shape index (κ2) is 6.46. The standard InChI is InChI=1S/C19H17ClN4O2/c1-2-6-23-11-13(8-18(23)25)15-10-19(26)24-17(21-15)9-16(22-24)12-4-3-5-14(20)7-12/h2-5,7,9-10,13,22H,1,6,8,11H2. The second-order valence-corrected chi connectivity index (χ2v) is 6.82. The van der Waals surface area contributed by atoms with Gasteiger partial charge in [0.1, 0.15) is 0 Å². The molecule has 1 atom stereocenters. The minimum absolute atomic E-state index is 0.0607. The van der Waals surface area contributed by atoms with Gasteiger partial charge in [0.2, 0.25) is 5.91 Å². The smallest absolute Gasteiger partial charge is 0.272 e. The van der Waals surface area contributed by atoms with Gasteiger partial charge in [-0.3, -0.25) is 14.7 Å². The van der Waals surface area contributed by atoms with Crippen LogP contribution in [0.25, 0.3) is 16.9 Å². The van der Waals surface area contributed by atoms with Crippen molar-refractivity contribution in [1.29, 1.82) is 0 Å². The molecule has 0 saturated carbocycles. The number of amides is 1. The van der Waals surface area contributed by atoms with Crippen molar-refractivity contribution in [3.8, 4) is 11.3 Å². The Morgan fingerprint density at radius 1 is 1.31 bits per heavy atom. The van der Waals surface area contributed by atoms with Crippen LogP contribution in [0, 0.1) is 0 Å². The maximum absolute atomic E-state index is 12.5. The van der Waals surface area contributed by atoms with Crippen LogP contribution in [0.2, 0.25) is 5.02 Å². The van der Waals surface area contributed by atoms with Gasteiger partial charge in [-0.15, -0.1) is 6.58 Å². The molecule has 1 aliphatic rings. The predicted molar refractivity (Wildman–Crippen MR) is 100 cm³/mol. The maximum atomic E-state index is 12.5. The molecule has 0 spiro atoms. The summed E-state index contributed by atoms with van der Waals surface area (Å²) < 4.78 is 1.40. The summed E-state index contributed by atoms with van der Waals surface area (Å²) in [4.78, 5) is 30.9. The Bertz CT molecular complexity index is 1070. The molecule has 132 valence electrons. The lowest BCUT2D eigenvalue weighted by molar-refractivity contribution is -0.127. The summed E-state index contributed by atoms with van der Waals surface area (Å²) in [6.45, 7) is 4.74. The topological polar surface area (TPSA) is 70.5 Å². The Balaban J connectivity index is 1.72. The summed E-state index contributed by atoms with van der Waals surface area (Å²) in [7, 11) is 0. The highest BCUT2D eigenvalue weighted by atomic mass is 35.5. The van der Waals surface area contributed by atoms with E-state index in [4.69, 9.17) is 11.6 Å². The maximum Gasteiger partial charge on any atom is 0.272 e. The molecule has 1 N–H and O–H groups in total. The van der Waals surface area contributed by atoms with E-state index in [0.29, 0.717) is 35.9 Å². The highest BCUT2D eigenvalue weighted by Gasteiger charge is 2.31. The second-order valence-electron chi connectivity index (χ2n) is 6.38. The lowest BCUT2D eigenvalue weighted by Gasteiger charge is -2.13. The van der Waals surface area contributed by atoms with Gasteiger partial charge in [-0.05, 0) is 12.1 Å². The zero-order chi connectivity index (χ0) is 18.3. The Hall–Kier alpha value is -2.86. The van der Waals surface area contributed by atoms with Crippen molar-refractivity contribution >= 4 is 23.2 Å². The van der Waals surface area contributed by atoms with Gasteiger partial charge in [-0.25, -0.2) is 9.50 Å². The zero-order valence-corrected chi connectivity index (χ0v) is 14.7. The summed E-state index contributed by atoms with van der Waals surface area (Å²) in [6, 6.07) is 10.7. The number of aromatic amines is 1. The van der Waals surface area contributed by atoms with Gasteiger partial charge in [-0.2, -0.15) is 0 Å². The van der Waals surface area contributed by atoms with E-state index >= 15 is 0 Å². The quantitative estimate of drug-likeness (QED) is 0.720. The normalized spacial score (nSPS) is 17.2. The molecule has 4 rings (SSSR count). The average Bonchev–Trinajstić information content (AvgIpc) is 3.20. The average molecular weight is 369 g/mol. The van der Waals surface area contributed by atoms with Crippen molar-refractivity contribution in [3.63, 3.8) is 0 Å². The number of aromatic nitrogens is 3. The fourth-order valence-electron chi connectivity index (χ4n) is 3.33. The van der Waals surface area contributed by atoms with E-state index in [0.717, 1.165) is 11.3 Å². The first kappa shape index (κ1) is 16.6. The van der Waals surface area contributed by atoms with Gasteiger partial charge in [0.15, 0.2) is 5.65 Å².